The first-order chi connectivity index (χ1) is 9.85. The molecule has 0 radical (unpaired) electrons. The second kappa shape index (κ2) is 8.06. The first kappa shape index (κ1) is 18.3. The lowest BCUT2D eigenvalue weighted by Crippen LogP contribution is -2.39. The average molecular weight is 332 g/mol. The van der Waals surface area contributed by atoms with Crippen molar-refractivity contribution >= 4 is 20.6 Å². The number of hydrogen-bond acceptors (Lipinski definition) is 4. The number of nitrogens with one attached hydrogen (secondary N) is 1. The van der Waals surface area contributed by atoms with Gasteiger partial charge in [0.1, 0.15) is 0 Å². The summed E-state index contributed by atoms with van der Waals surface area (Å²) >= 11 is 0. The summed E-state index contributed by atoms with van der Waals surface area (Å²) in [4.78, 5) is 0.945. The molecule has 4 nitrogen and oxygen atoms in total. The second-order valence-electron chi connectivity index (χ2n) is 5.17. The van der Waals surface area contributed by atoms with E-state index < -0.39 is 20.6 Å². The zero-order chi connectivity index (χ0) is 16.0. The summed E-state index contributed by atoms with van der Waals surface area (Å²) < 4.78 is 35.6. The maximum Gasteiger partial charge on any atom is 0.175 e. The topological polar surface area (TPSA) is 63.2 Å². The van der Waals surface area contributed by atoms with Gasteiger partial charge < -0.3 is 5.32 Å². The van der Waals surface area contributed by atoms with Gasteiger partial charge in [-0.1, -0.05) is 20.3 Å². The van der Waals surface area contributed by atoms with Crippen molar-refractivity contribution in [1.82, 2.24) is 5.32 Å². The van der Waals surface area contributed by atoms with Crippen molar-refractivity contribution in [2.45, 2.75) is 54.2 Å². The largest absolute Gasteiger partial charge is 0.316 e. The summed E-state index contributed by atoms with van der Waals surface area (Å²) in [6.07, 6.45) is 3.99. The van der Waals surface area contributed by atoms with Crippen LogP contribution in [-0.2, 0) is 20.6 Å². The number of hydrogen-bond donors (Lipinski definition) is 1. The van der Waals surface area contributed by atoms with Crippen molar-refractivity contribution in [2.75, 3.05) is 13.3 Å². The normalized spacial score (nSPS) is 16.4. The van der Waals surface area contributed by atoms with Crippen LogP contribution >= 0.6 is 0 Å². The quantitative estimate of drug-likeness (QED) is 0.794. The van der Waals surface area contributed by atoms with Crippen molar-refractivity contribution in [3.63, 3.8) is 0 Å². The maximum absolute atomic E-state index is 12.7. The minimum absolute atomic E-state index is 0.0269. The molecule has 0 bridgehead atoms. The molecule has 6 heteroatoms. The standard InChI is InChI=1S/C15H25NO3S2/c1-5-7-14(16-3)15(6-2)20(17)12-8-10-13(11-9-12)21(4,18)19/h8-11,14-16H,5-7H2,1-4H3. The van der Waals surface area contributed by atoms with Gasteiger partial charge in [-0.2, -0.15) is 0 Å². The van der Waals surface area contributed by atoms with Gasteiger partial charge >= 0.3 is 0 Å². The van der Waals surface area contributed by atoms with E-state index in [1.807, 2.05) is 14.0 Å². The highest BCUT2D eigenvalue weighted by Gasteiger charge is 2.25. The molecule has 1 N–H and O–H groups in total. The predicted molar refractivity (Wildman–Crippen MR) is 87.8 cm³/mol. The van der Waals surface area contributed by atoms with Crippen LogP contribution in [0, 0.1) is 0 Å². The molecule has 3 atom stereocenters. The van der Waals surface area contributed by atoms with Crippen LogP contribution in [0.4, 0.5) is 0 Å². The summed E-state index contributed by atoms with van der Waals surface area (Å²) in [5.74, 6) is 0. The van der Waals surface area contributed by atoms with Gasteiger partial charge in [-0.25, -0.2) is 8.42 Å². The highest BCUT2D eigenvalue weighted by Crippen LogP contribution is 2.21. The van der Waals surface area contributed by atoms with Crippen molar-refractivity contribution < 1.29 is 12.6 Å². The third-order valence-electron chi connectivity index (χ3n) is 3.58. The van der Waals surface area contributed by atoms with Crippen LogP contribution in [0.5, 0.6) is 0 Å². The zero-order valence-electron chi connectivity index (χ0n) is 13.1. The van der Waals surface area contributed by atoms with E-state index in [9.17, 15) is 12.6 Å². The van der Waals surface area contributed by atoms with Gasteiger partial charge in [0, 0.05) is 17.2 Å². The van der Waals surface area contributed by atoms with E-state index in [1.54, 1.807) is 12.1 Å². The van der Waals surface area contributed by atoms with E-state index in [2.05, 4.69) is 12.2 Å². The van der Waals surface area contributed by atoms with E-state index in [1.165, 1.54) is 18.4 Å². The Bertz CT molecular complexity index is 567. The fraction of sp³-hybridized carbons (Fsp3) is 0.600. The van der Waals surface area contributed by atoms with E-state index in [-0.39, 0.29) is 16.2 Å². The van der Waals surface area contributed by atoms with Gasteiger partial charge in [0.2, 0.25) is 0 Å². The van der Waals surface area contributed by atoms with Gasteiger partial charge in [-0.15, -0.1) is 0 Å². The number of benzene rings is 1. The molecule has 0 heterocycles. The molecule has 0 aliphatic rings. The Kier molecular flexibility index (Phi) is 7.03. The highest BCUT2D eigenvalue weighted by atomic mass is 32.2. The van der Waals surface area contributed by atoms with Gasteiger partial charge in [0.25, 0.3) is 0 Å². The first-order valence-electron chi connectivity index (χ1n) is 7.23. The lowest BCUT2D eigenvalue weighted by atomic mass is 10.1. The van der Waals surface area contributed by atoms with Crippen LogP contribution in [0.2, 0.25) is 0 Å². The van der Waals surface area contributed by atoms with Crippen LogP contribution in [0.25, 0.3) is 0 Å². The summed E-state index contributed by atoms with van der Waals surface area (Å²) in [5, 5.41) is 3.28. The number of rotatable bonds is 8. The van der Waals surface area contributed by atoms with Crippen LogP contribution in [0.1, 0.15) is 33.1 Å². The molecule has 0 saturated carbocycles. The Hall–Kier alpha value is -0.720. The Balaban J connectivity index is 3.00. The van der Waals surface area contributed by atoms with Gasteiger partial charge in [0.05, 0.1) is 20.9 Å². The molecule has 0 aliphatic carbocycles. The predicted octanol–water partition coefficient (Wildman–Crippen LogP) is 2.36. The Morgan fingerprint density at radius 3 is 2.14 bits per heavy atom. The fourth-order valence-corrected chi connectivity index (χ4v) is 4.67. The van der Waals surface area contributed by atoms with Crippen molar-refractivity contribution in [1.29, 1.82) is 0 Å². The molecular weight excluding hydrogens is 306 g/mol. The summed E-state index contributed by atoms with van der Waals surface area (Å²) in [6, 6.07) is 6.59. The van der Waals surface area contributed by atoms with Gasteiger partial charge in [-0.3, -0.25) is 4.21 Å². The summed E-state index contributed by atoms with van der Waals surface area (Å²) in [7, 11) is -2.46. The molecule has 21 heavy (non-hydrogen) atoms. The van der Waals surface area contributed by atoms with Crippen molar-refractivity contribution in [2.24, 2.45) is 0 Å². The Labute approximate surface area is 130 Å². The van der Waals surface area contributed by atoms with Crippen LogP contribution in [-0.4, -0.2) is 37.2 Å². The SMILES string of the molecule is CCCC(NC)C(CC)S(=O)c1ccc(S(C)(=O)=O)cc1. The van der Waals surface area contributed by atoms with E-state index in [0.717, 1.165) is 19.3 Å². The molecule has 120 valence electrons. The molecule has 1 rings (SSSR count). The average Bonchev–Trinajstić information content (AvgIpc) is 2.46. The molecule has 0 amide bonds. The highest BCUT2D eigenvalue weighted by molar-refractivity contribution is 7.90. The van der Waals surface area contributed by atoms with Crippen LogP contribution in [0.15, 0.2) is 34.1 Å². The third kappa shape index (κ3) is 4.90. The second-order valence-corrected chi connectivity index (χ2v) is 8.86. The van der Waals surface area contributed by atoms with E-state index in [4.69, 9.17) is 0 Å². The molecule has 0 aliphatic heterocycles. The Morgan fingerprint density at radius 1 is 1.19 bits per heavy atom. The minimum atomic E-state index is -3.21. The lowest BCUT2D eigenvalue weighted by Gasteiger charge is -2.25. The maximum atomic E-state index is 12.7. The van der Waals surface area contributed by atoms with Crippen LogP contribution in [0.3, 0.4) is 0 Å². The minimum Gasteiger partial charge on any atom is -0.316 e. The molecule has 0 spiro atoms. The molecule has 0 saturated heterocycles. The fourth-order valence-electron chi connectivity index (χ4n) is 2.41. The molecular formula is C15H25NO3S2. The monoisotopic (exact) mass is 331 g/mol. The molecule has 1 aromatic carbocycles. The van der Waals surface area contributed by atoms with Crippen molar-refractivity contribution in [3.8, 4) is 0 Å². The molecule has 1 aromatic rings. The van der Waals surface area contributed by atoms with E-state index in [0.29, 0.717) is 4.90 Å². The summed E-state index contributed by atoms with van der Waals surface area (Å²) in [5.41, 5.74) is 0. The third-order valence-corrected chi connectivity index (χ3v) is 6.66. The lowest BCUT2D eigenvalue weighted by molar-refractivity contribution is 0.481. The zero-order valence-corrected chi connectivity index (χ0v) is 14.8. The smallest absolute Gasteiger partial charge is 0.175 e. The Morgan fingerprint density at radius 2 is 1.76 bits per heavy atom. The van der Waals surface area contributed by atoms with Crippen LogP contribution < -0.4 is 5.32 Å². The van der Waals surface area contributed by atoms with Gasteiger partial charge in [0.15, 0.2) is 9.84 Å². The number of sulfone groups is 1. The van der Waals surface area contributed by atoms with Crippen molar-refractivity contribution in [3.05, 3.63) is 24.3 Å². The first-order valence-corrected chi connectivity index (χ1v) is 10.3. The molecule has 3 unspecified atom stereocenters. The molecule has 0 aromatic heterocycles. The molecule has 0 fully saturated rings. The summed E-state index contributed by atoms with van der Waals surface area (Å²) in [6.45, 7) is 4.15. The van der Waals surface area contributed by atoms with Gasteiger partial charge in [-0.05, 0) is 44.2 Å². The van der Waals surface area contributed by atoms with E-state index >= 15 is 0 Å².